The van der Waals surface area contributed by atoms with Gasteiger partial charge in [-0.3, -0.25) is 0 Å². The number of sulfone groups is 1. The van der Waals surface area contributed by atoms with Crippen molar-refractivity contribution in [1.29, 1.82) is 0 Å². The molecule has 9 heteroatoms. The Bertz CT molecular complexity index is 780. The minimum absolute atomic E-state index is 0.0288. The fraction of sp³-hybridized carbons (Fsp3) is 0.600. The number of benzene rings is 1. The molecule has 24 heavy (non-hydrogen) atoms. The number of piperidine rings is 1. The lowest BCUT2D eigenvalue weighted by Crippen LogP contribution is -2.42. The Hall–Kier alpha value is -1.32. The maximum absolute atomic E-state index is 12.9. The Morgan fingerprint density at radius 1 is 1.08 bits per heavy atom. The third-order valence-electron chi connectivity index (χ3n) is 4.30. The molecule has 0 N–H and O–H groups in total. The Morgan fingerprint density at radius 2 is 1.71 bits per heavy atom. The van der Waals surface area contributed by atoms with Gasteiger partial charge in [0.1, 0.15) is 16.4 Å². The first-order valence-corrected chi connectivity index (χ1v) is 10.9. The molecule has 0 unspecified atom stereocenters. The lowest BCUT2D eigenvalue weighted by Gasteiger charge is -2.31. The minimum Gasteiger partial charge on any atom is -0.497 e. The number of hydrogen-bond donors (Lipinski definition) is 0. The smallest absolute Gasteiger partial charge is 0.246 e. The van der Waals surface area contributed by atoms with Gasteiger partial charge in [0.05, 0.1) is 19.5 Å². The van der Waals surface area contributed by atoms with E-state index < -0.39 is 25.1 Å². The molecule has 1 aliphatic rings. The fourth-order valence-electron chi connectivity index (χ4n) is 2.79. The van der Waals surface area contributed by atoms with E-state index in [-0.39, 0.29) is 29.5 Å². The van der Waals surface area contributed by atoms with E-state index in [1.807, 2.05) is 0 Å². The van der Waals surface area contributed by atoms with Gasteiger partial charge in [-0.05, 0) is 25.0 Å². The van der Waals surface area contributed by atoms with E-state index >= 15 is 0 Å². The van der Waals surface area contributed by atoms with Gasteiger partial charge in [0.2, 0.25) is 10.0 Å². The zero-order chi connectivity index (χ0) is 18.0. The second-order valence-corrected chi connectivity index (χ2v) is 10.0. The summed E-state index contributed by atoms with van der Waals surface area (Å²) < 4.78 is 61.3. The summed E-state index contributed by atoms with van der Waals surface area (Å²) in [6, 6.07) is 4.58. The second-order valence-electron chi connectivity index (χ2n) is 5.57. The number of methoxy groups -OCH3 is 2. The molecule has 1 aromatic rings. The van der Waals surface area contributed by atoms with E-state index in [2.05, 4.69) is 0 Å². The first-order valence-electron chi connectivity index (χ1n) is 7.70. The summed E-state index contributed by atoms with van der Waals surface area (Å²) in [5.41, 5.74) is 0. The molecule has 0 aromatic heterocycles. The first kappa shape index (κ1) is 19.0. The van der Waals surface area contributed by atoms with Crippen molar-refractivity contribution in [3.8, 4) is 11.5 Å². The van der Waals surface area contributed by atoms with Crippen LogP contribution >= 0.6 is 0 Å². The van der Waals surface area contributed by atoms with Gasteiger partial charge in [-0.1, -0.05) is 6.92 Å². The third-order valence-corrected chi connectivity index (χ3v) is 8.51. The van der Waals surface area contributed by atoms with E-state index in [0.717, 1.165) is 0 Å². The van der Waals surface area contributed by atoms with Crippen LogP contribution in [0.5, 0.6) is 11.5 Å². The molecule has 2 rings (SSSR count). The summed E-state index contributed by atoms with van der Waals surface area (Å²) in [6.07, 6.45) is 0.614. The maximum Gasteiger partial charge on any atom is 0.246 e. The van der Waals surface area contributed by atoms with Crippen LogP contribution in [0.15, 0.2) is 23.1 Å². The molecular formula is C15H23NO6S2. The summed E-state index contributed by atoms with van der Waals surface area (Å²) in [6.45, 7) is 1.96. The van der Waals surface area contributed by atoms with Crippen LogP contribution in [-0.2, 0) is 19.9 Å². The SMILES string of the molecule is CCS(=O)(=O)C1CCN(S(=O)(=O)c2cc(OC)ccc2OC)CC1. The number of nitrogens with zero attached hydrogens (tertiary/aromatic N) is 1. The topological polar surface area (TPSA) is 90.0 Å². The van der Waals surface area contributed by atoms with Gasteiger partial charge in [-0.25, -0.2) is 16.8 Å². The lowest BCUT2D eigenvalue weighted by atomic mass is 10.2. The van der Waals surface area contributed by atoms with Crippen LogP contribution in [0.2, 0.25) is 0 Å². The van der Waals surface area contributed by atoms with Gasteiger partial charge in [-0.15, -0.1) is 0 Å². The molecule has 1 saturated heterocycles. The van der Waals surface area contributed by atoms with Gasteiger partial charge in [0.25, 0.3) is 0 Å². The predicted octanol–water partition coefficient (Wildman–Crippen LogP) is 1.29. The van der Waals surface area contributed by atoms with E-state index in [4.69, 9.17) is 9.47 Å². The van der Waals surface area contributed by atoms with Crippen molar-refractivity contribution in [3.63, 3.8) is 0 Å². The molecule has 0 spiro atoms. The van der Waals surface area contributed by atoms with Crippen molar-refractivity contribution in [2.24, 2.45) is 0 Å². The number of rotatable bonds is 6. The van der Waals surface area contributed by atoms with Gasteiger partial charge < -0.3 is 9.47 Å². The number of hydrogen-bond acceptors (Lipinski definition) is 6. The van der Waals surface area contributed by atoms with Crippen molar-refractivity contribution < 1.29 is 26.3 Å². The van der Waals surface area contributed by atoms with E-state index in [1.54, 1.807) is 19.1 Å². The molecule has 1 fully saturated rings. The molecule has 7 nitrogen and oxygen atoms in total. The normalized spacial score (nSPS) is 17.6. The highest BCUT2D eigenvalue weighted by molar-refractivity contribution is 7.92. The van der Waals surface area contributed by atoms with Crippen LogP contribution in [0.1, 0.15) is 19.8 Å². The molecule has 0 aliphatic carbocycles. The van der Waals surface area contributed by atoms with Crippen molar-refractivity contribution in [1.82, 2.24) is 4.31 Å². The fourth-order valence-corrected chi connectivity index (χ4v) is 5.83. The summed E-state index contributed by atoms with van der Waals surface area (Å²) in [4.78, 5) is 0.0288. The van der Waals surface area contributed by atoms with Crippen molar-refractivity contribution in [2.45, 2.75) is 29.9 Å². The summed E-state index contributed by atoms with van der Waals surface area (Å²) >= 11 is 0. The maximum atomic E-state index is 12.9. The summed E-state index contributed by atoms with van der Waals surface area (Å²) in [5.74, 6) is 0.727. The predicted molar refractivity (Wildman–Crippen MR) is 90.8 cm³/mol. The molecule has 0 amide bonds. The van der Waals surface area contributed by atoms with Crippen LogP contribution < -0.4 is 9.47 Å². The molecule has 136 valence electrons. The van der Waals surface area contributed by atoms with E-state index in [1.165, 1.54) is 24.6 Å². The lowest BCUT2D eigenvalue weighted by molar-refractivity contribution is 0.341. The molecule has 1 aliphatic heterocycles. The Labute approximate surface area is 143 Å². The highest BCUT2D eigenvalue weighted by atomic mass is 32.2. The Kier molecular flexibility index (Phi) is 5.77. The Balaban J connectivity index is 2.27. The number of ether oxygens (including phenoxy) is 2. The van der Waals surface area contributed by atoms with Gasteiger partial charge >= 0.3 is 0 Å². The summed E-state index contributed by atoms with van der Waals surface area (Å²) in [7, 11) is -4.06. The van der Waals surface area contributed by atoms with E-state index in [0.29, 0.717) is 18.6 Å². The average molecular weight is 377 g/mol. The molecule has 0 atom stereocenters. The van der Waals surface area contributed by atoms with Gasteiger partial charge in [0.15, 0.2) is 9.84 Å². The van der Waals surface area contributed by atoms with Crippen LogP contribution in [0.4, 0.5) is 0 Å². The van der Waals surface area contributed by atoms with Crippen LogP contribution in [-0.4, -0.2) is 59.5 Å². The largest absolute Gasteiger partial charge is 0.497 e. The molecular weight excluding hydrogens is 354 g/mol. The third kappa shape index (κ3) is 3.68. The zero-order valence-electron chi connectivity index (χ0n) is 14.1. The number of sulfonamides is 1. The van der Waals surface area contributed by atoms with Crippen molar-refractivity contribution >= 4 is 19.9 Å². The van der Waals surface area contributed by atoms with Crippen molar-refractivity contribution in [2.75, 3.05) is 33.1 Å². The van der Waals surface area contributed by atoms with E-state index in [9.17, 15) is 16.8 Å². The Morgan fingerprint density at radius 3 is 2.21 bits per heavy atom. The highest BCUT2D eigenvalue weighted by Crippen LogP contribution is 2.32. The molecule has 1 heterocycles. The molecule has 0 bridgehead atoms. The average Bonchev–Trinajstić information content (AvgIpc) is 2.61. The standard InChI is InChI=1S/C15H23NO6S2/c1-4-23(17,18)13-7-9-16(10-8-13)24(19,20)15-11-12(21-2)5-6-14(15)22-3/h5-6,11,13H,4,7-10H2,1-3H3. The van der Waals surface area contributed by atoms with Crippen LogP contribution in [0.25, 0.3) is 0 Å². The molecule has 0 radical (unpaired) electrons. The second kappa shape index (κ2) is 7.28. The first-order chi connectivity index (χ1) is 11.3. The van der Waals surface area contributed by atoms with Crippen LogP contribution in [0, 0.1) is 0 Å². The molecule has 1 aromatic carbocycles. The van der Waals surface area contributed by atoms with Crippen molar-refractivity contribution in [3.05, 3.63) is 18.2 Å². The highest BCUT2D eigenvalue weighted by Gasteiger charge is 2.35. The zero-order valence-corrected chi connectivity index (χ0v) is 15.7. The van der Waals surface area contributed by atoms with Gasteiger partial charge in [-0.2, -0.15) is 4.31 Å². The van der Waals surface area contributed by atoms with Crippen LogP contribution in [0.3, 0.4) is 0 Å². The summed E-state index contributed by atoms with van der Waals surface area (Å²) in [5, 5.41) is -0.471. The molecule has 0 saturated carbocycles. The minimum atomic E-state index is -3.78. The quantitative estimate of drug-likeness (QED) is 0.742. The monoisotopic (exact) mass is 377 g/mol. The van der Waals surface area contributed by atoms with Gasteiger partial charge in [0, 0.05) is 24.9 Å².